The molecule has 1 fully saturated rings. The number of rotatable bonds is 4. The molecule has 1 saturated carbocycles. The first-order chi connectivity index (χ1) is 7.16. The summed E-state index contributed by atoms with van der Waals surface area (Å²) in [5.41, 5.74) is 7.41. The minimum atomic E-state index is 0.136. The number of nitrogens with one attached hydrogen (secondary N) is 1. The van der Waals surface area contributed by atoms with Crippen molar-refractivity contribution in [3.05, 3.63) is 29.8 Å². The number of nitrogens with zero attached hydrogens (tertiary/aromatic N) is 1. The fourth-order valence-corrected chi connectivity index (χ4v) is 1.70. The van der Waals surface area contributed by atoms with E-state index in [1.54, 1.807) is 0 Å². The molecule has 1 aromatic rings. The van der Waals surface area contributed by atoms with E-state index in [-0.39, 0.29) is 5.84 Å². The van der Waals surface area contributed by atoms with Crippen molar-refractivity contribution in [2.75, 3.05) is 18.5 Å². The second-order valence-corrected chi connectivity index (χ2v) is 4.29. The summed E-state index contributed by atoms with van der Waals surface area (Å²) in [6.45, 7) is 1.11. The number of nitrogens with two attached hydrogens (primary N) is 1. The van der Waals surface area contributed by atoms with Gasteiger partial charge in [0.25, 0.3) is 0 Å². The Morgan fingerprint density at radius 2 is 2.27 bits per heavy atom. The van der Waals surface area contributed by atoms with Crippen LogP contribution in [0.15, 0.2) is 24.3 Å². The van der Waals surface area contributed by atoms with Gasteiger partial charge in [0.15, 0.2) is 0 Å². The number of nitrogen functional groups attached to an aromatic ring is 1. The van der Waals surface area contributed by atoms with E-state index in [1.807, 2.05) is 18.2 Å². The van der Waals surface area contributed by atoms with Crippen LogP contribution in [0.3, 0.4) is 0 Å². The predicted octanol–water partition coefficient (Wildman–Crippen LogP) is 1.82. The van der Waals surface area contributed by atoms with Gasteiger partial charge < -0.3 is 10.6 Å². The fraction of sp³-hybridized carbons (Fsp3) is 0.417. The first-order valence-electron chi connectivity index (χ1n) is 5.32. The molecule has 15 heavy (non-hydrogen) atoms. The van der Waals surface area contributed by atoms with Crippen LogP contribution in [-0.2, 0) is 0 Å². The Hall–Kier alpha value is -1.51. The van der Waals surface area contributed by atoms with Crippen molar-refractivity contribution in [3.63, 3.8) is 0 Å². The molecule has 0 atom stereocenters. The van der Waals surface area contributed by atoms with Gasteiger partial charge in [0.1, 0.15) is 5.84 Å². The zero-order valence-corrected chi connectivity index (χ0v) is 9.03. The molecule has 0 saturated heterocycles. The summed E-state index contributed by atoms with van der Waals surface area (Å²) in [4.78, 5) is 2.24. The van der Waals surface area contributed by atoms with Gasteiger partial charge >= 0.3 is 0 Å². The lowest BCUT2D eigenvalue weighted by molar-refractivity contribution is 0.787. The van der Waals surface area contributed by atoms with E-state index in [0.29, 0.717) is 0 Å². The normalized spacial score (nSPS) is 15.0. The highest BCUT2D eigenvalue weighted by molar-refractivity contribution is 5.95. The number of hydrogen-bond donors (Lipinski definition) is 2. The highest BCUT2D eigenvalue weighted by Gasteiger charge is 2.22. The van der Waals surface area contributed by atoms with Crippen molar-refractivity contribution < 1.29 is 0 Å². The smallest absolute Gasteiger partial charge is 0.122 e. The number of anilines is 1. The molecule has 2 rings (SSSR count). The molecule has 0 aliphatic heterocycles. The summed E-state index contributed by atoms with van der Waals surface area (Å²) in [5.74, 6) is 1.01. The summed E-state index contributed by atoms with van der Waals surface area (Å²) >= 11 is 0. The monoisotopic (exact) mass is 203 g/mol. The van der Waals surface area contributed by atoms with Crippen LogP contribution in [0.25, 0.3) is 0 Å². The summed E-state index contributed by atoms with van der Waals surface area (Å²) in [5, 5.41) is 7.39. The maximum Gasteiger partial charge on any atom is 0.122 e. The van der Waals surface area contributed by atoms with Crippen molar-refractivity contribution >= 4 is 11.5 Å². The average molecular weight is 203 g/mol. The fourth-order valence-electron chi connectivity index (χ4n) is 1.70. The highest BCUT2D eigenvalue weighted by atomic mass is 15.1. The Bertz CT molecular complexity index is 369. The van der Waals surface area contributed by atoms with Crippen LogP contribution in [0.1, 0.15) is 18.4 Å². The molecule has 3 N–H and O–H groups in total. The minimum Gasteiger partial charge on any atom is -0.384 e. The molecule has 0 aromatic heterocycles. The van der Waals surface area contributed by atoms with Crippen LogP contribution in [0.2, 0.25) is 0 Å². The molecular weight excluding hydrogens is 186 g/mol. The van der Waals surface area contributed by atoms with E-state index in [4.69, 9.17) is 11.1 Å². The lowest BCUT2D eigenvalue weighted by atomic mass is 10.1. The highest BCUT2D eigenvalue weighted by Crippen LogP contribution is 2.30. The van der Waals surface area contributed by atoms with Gasteiger partial charge in [-0.05, 0) is 30.9 Å². The van der Waals surface area contributed by atoms with Crippen LogP contribution >= 0.6 is 0 Å². The van der Waals surface area contributed by atoms with Crippen LogP contribution < -0.4 is 10.6 Å². The number of benzene rings is 1. The zero-order chi connectivity index (χ0) is 10.8. The van der Waals surface area contributed by atoms with Crippen LogP contribution in [0, 0.1) is 11.3 Å². The van der Waals surface area contributed by atoms with E-state index >= 15 is 0 Å². The largest absolute Gasteiger partial charge is 0.384 e. The third-order valence-electron chi connectivity index (χ3n) is 2.83. The lowest BCUT2D eigenvalue weighted by Crippen LogP contribution is -2.20. The zero-order valence-electron chi connectivity index (χ0n) is 9.03. The lowest BCUT2D eigenvalue weighted by Gasteiger charge is -2.19. The van der Waals surface area contributed by atoms with Gasteiger partial charge in [-0.15, -0.1) is 0 Å². The number of amidine groups is 1. The molecule has 1 aliphatic rings. The van der Waals surface area contributed by atoms with Crippen molar-refractivity contribution in [2.45, 2.75) is 12.8 Å². The Morgan fingerprint density at radius 3 is 2.87 bits per heavy atom. The predicted molar refractivity (Wildman–Crippen MR) is 63.5 cm³/mol. The first kappa shape index (κ1) is 10.0. The topological polar surface area (TPSA) is 53.1 Å². The van der Waals surface area contributed by atoms with Crippen molar-refractivity contribution in [3.8, 4) is 0 Å². The third-order valence-corrected chi connectivity index (χ3v) is 2.83. The van der Waals surface area contributed by atoms with Crippen LogP contribution in [0.5, 0.6) is 0 Å². The molecule has 0 amide bonds. The molecule has 0 spiro atoms. The SMILES string of the molecule is CN(CC1CC1)c1cccc(C(=N)N)c1. The van der Waals surface area contributed by atoms with Crippen molar-refractivity contribution in [1.29, 1.82) is 5.41 Å². The van der Waals surface area contributed by atoms with Gasteiger partial charge in [0.2, 0.25) is 0 Å². The van der Waals surface area contributed by atoms with Gasteiger partial charge in [-0.3, -0.25) is 5.41 Å². The molecule has 3 heteroatoms. The van der Waals surface area contributed by atoms with E-state index in [2.05, 4.69) is 18.0 Å². The summed E-state index contributed by atoms with van der Waals surface area (Å²) < 4.78 is 0. The Labute approximate surface area is 90.4 Å². The second-order valence-electron chi connectivity index (χ2n) is 4.29. The molecular formula is C12H17N3. The first-order valence-corrected chi connectivity index (χ1v) is 5.32. The molecule has 1 aliphatic carbocycles. The molecule has 0 heterocycles. The van der Waals surface area contributed by atoms with Gasteiger partial charge in [-0.1, -0.05) is 12.1 Å². The summed E-state index contributed by atoms with van der Waals surface area (Å²) in [7, 11) is 2.09. The van der Waals surface area contributed by atoms with Gasteiger partial charge in [0.05, 0.1) is 0 Å². The third kappa shape index (κ3) is 2.49. The van der Waals surface area contributed by atoms with Crippen molar-refractivity contribution in [1.82, 2.24) is 0 Å². The van der Waals surface area contributed by atoms with Gasteiger partial charge in [-0.2, -0.15) is 0 Å². The Kier molecular flexibility index (Phi) is 2.62. The van der Waals surface area contributed by atoms with Crippen molar-refractivity contribution in [2.24, 2.45) is 11.7 Å². The Balaban J connectivity index is 2.11. The summed E-state index contributed by atoms with van der Waals surface area (Å²) in [6.07, 6.45) is 2.72. The quantitative estimate of drug-likeness (QED) is 0.579. The van der Waals surface area contributed by atoms with E-state index < -0.39 is 0 Å². The molecule has 1 aromatic carbocycles. The van der Waals surface area contributed by atoms with E-state index in [0.717, 1.165) is 23.7 Å². The maximum atomic E-state index is 7.39. The van der Waals surface area contributed by atoms with Crippen LogP contribution in [0.4, 0.5) is 5.69 Å². The van der Waals surface area contributed by atoms with Gasteiger partial charge in [-0.25, -0.2) is 0 Å². The summed E-state index contributed by atoms with van der Waals surface area (Å²) in [6, 6.07) is 7.87. The molecule has 0 radical (unpaired) electrons. The molecule has 3 nitrogen and oxygen atoms in total. The van der Waals surface area contributed by atoms with Crippen LogP contribution in [-0.4, -0.2) is 19.4 Å². The molecule has 0 unspecified atom stereocenters. The molecule has 0 bridgehead atoms. The number of hydrogen-bond acceptors (Lipinski definition) is 2. The van der Waals surface area contributed by atoms with E-state index in [9.17, 15) is 0 Å². The average Bonchev–Trinajstić information content (AvgIpc) is 3.02. The standard InChI is InChI=1S/C12H17N3/c1-15(8-9-5-6-9)11-4-2-3-10(7-11)12(13)14/h2-4,7,9H,5-6,8H2,1H3,(H3,13,14). The van der Waals surface area contributed by atoms with Gasteiger partial charge in [0, 0.05) is 24.8 Å². The van der Waals surface area contributed by atoms with E-state index in [1.165, 1.54) is 12.8 Å². The second kappa shape index (κ2) is 3.93. The molecule has 80 valence electrons. The minimum absolute atomic E-state index is 0.136. The Morgan fingerprint density at radius 1 is 1.53 bits per heavy atom. The maximum absolute atomic E-state index is 7.39.